The second-order valence-corrected chi connectivity index (χ2v) is 11.8. The van der Waals surface area contributed by atoms with Crippen molar-refractivity contribution >= 4 is 50.7 Å². The van der Waals surface area contributed by atoms with Crippen molar-refractivity contribution in [2.45, 2.75) is 53.1 Å². The third-order valence-corrected chi connectivity index (χ3v) is 7.60. The highest BCUT2D eigenvalue weighted by Gasteiger charge is 2.31. The summed E-state index contributed by atoms with van der Waals surface area (Å²) in [6.45, 7) is 7.86. The van der Waals surface area contributed by atoms with Crippen molar-refractivity contribution in [1.82, 2.24) is 10.2 Å². The molecule has 198 valence electrons. The van der Waals surface area contributed by atoms with Crippen LogP contribution in [-0.4, -0.2) is 50.5 Å². The molecule has 10 heteroatoms. The molecule has 0 unspecified atom stereocenters. The Balaban J connectivity index is 2.43. The Hall–Kier alpha value is -2.29. The van der Waals surface area contributed by atoms with Gasteiger partial charge in [-0.15, -0.1) is 0 Å². The van der Waals surface area contributed by atoms with Crippen LogP contribution in [0, 0.1) is 5.92 Å². The van der Waals surface area contributed by atoms with E-state index in [0.29, 0.717) is 34.3 Å². The van der Waals surface area contributed by atoms with Crippen molar-refractivity contribution in [2.75, 3.05) is 23.7 Å². The third kappa shape index (κ3) is 8.39. The van der Waals surface area contributed by atoms with Gasteiger partial charge in [-0.25, -0.2) is 8.42 Å². The van der Waals surface area contributed by atoms with E-state index in [1.165, 1.54) is 4.90 Å². The molecule has 0 aromatic heterocycles. The third-order valence-electron chi connectivity index (χ3n) is 5.72. The van der Waals surface area contributed by atoms with E-state index in [1.54, 1.807) is 30.3 Å². The van der Waals surface area contributed by atoms with Crippen LogP contribution in [0.1, 0.15) is 45.2 Å². The first-order valence-electron chi connectivity index (χ1n) is 11.9. The SMILES string of the molecule is CCc1ccc(N(CC(=O)N(Cc2ccc(Cl)c(Cl)c2)[C@@H](CC)C(=O)NCC(C)C)S(C)(=O)=O)cc1. The Morgan fingerprint density at radius 1 is 0.972 bits per heavy atom. The zero-order chi connectivity index (χ0) is 27.0. The van der Waals surface area contributed by atoms with Crippen molar-refractivity contribution in [1.29, 1.82) is 0 Å². The summed E-state index contributed by atoms with van der Waals surface area (Å²) in [5, 5.41) is 3.59. The molecule has 2 amide bonds. The van der Waals surface area contributed by atoms with Gasteiger partial charge in [-0.1, -0.05) is 69.1 Å². The van der Waals surface area contributed by atoms with Crippen LogP contribution < -0.4 is 9.62 Å². The summed E-state index contributed by atoms with van der Waals surface area (Å²) in [7, 11) is -3.78. The number of nitrogens with zero attached hydrogens (tertiary/aromatic N) is 2. The monoisotopic (exact) mass is 555 g/mol. The minimum atomic E-state index is -3.78. The number of hydrogen-bond donors (Lipinski definition) is 1. The van der Waals surface area contributed by atoms with Crippen molar-refractivity contribution in [3.05, 3.63) is 63.6 Å². The predicted molar refractivity (Wildman–Crippen MR) is 147 cm³/mol. The Morgan fingerprint density at radius 3 is 2.08 bits per heavy atom. The number of aryl methyl sites for hydroxylation is 1. The van der Waals surface area contributed by atoms with Crippen LogP contribution in [0.3, 0.4) is 0 Å². The van der Waals surface area contributed by atoms with Crippen LogP contribution in [0.2, 0.25) is 10.0 Å². The lowest BCUT2D eigenvalue weighted by atomic mass is 10.1. The molecule has 0 bridgehead atoms. The van der Waals surface area contributed by atoms with Gasteiger partial charge in [0.05, 0.1) is 22.0 Å². The van der Waals surface area contributed by atoms with E-state index in [9.17, 15) is 18.0 Å². The highest BCUT2D eigenvalue weighted by molar-refractivity contribution is 7.92. The van der Waals surface area contributed by atoms with Gasteiger partial charge in [-0.05, 0) is 54.2 Å². The average Bonchev–Trinajstić information content (AvgIpc) is 2.82. The van der Waals surface area contributed by atoms with E-state index in [1.807, 2.05) is 39.8 Å². The highest BCUT2D eigenvalue weighted by atomic mass is 35.5. The first-order chi connectivity index (χ1) is 16.9. The van der Waals surface area contributed by atoms with E-state index in [2.05, 4.69) is 5.32 Å². The molecule has 0 aliphatic carbocycles. The van der Waals surface area contributed by atoms with Gasteiger partial charge in [0.25, 0.3) is 0 Å². The minimum absolute atomic E-state index is 0.0652. The molecule has 7 nitrogen and oxygen atoms in total. The molecule has 0 aliphatic heterocycles. The van der Waals surface area contributed by atoms with Crippen LogP contribution in [0.15, 0.2) is 42.5 Å². The minimum Gasteiger partial charge on any atom is -0.354 e. The summed E-state index contributed by atoms with van der Waals surface area (Å²) in [6, 6.07) is 11.2. The van der Waals surface area contributed by atoms with E-state index in [4.69, 9.17) is 23.2 Å². The number of rotatable bonds is 12. The topological polar surface area (TPSA) is 86.8 Å². The number of carbonyl (C=O) groups excluding carboxylic acids is 2. The Morgan fingerprint density at radius 2 is 1.58 bits per heavy atom. The molecule has 0 spiro atoms. The first-order valence-corrected chi connectivity index (χ1v) is 14.6. The Labute approximate surface area is 224 Å². The van der Waals surface area contributed by atoms with E-state index in [-0.39, 0.29) is 18.4 Å². The van der Waals surface area contributed by atoms with Crippen molar-refractivity contribution in [3.8, 4) is 0 Å². The Kier molecular flexibility index (Phi) is 11.1. The molecule has 0 saturated heterocycles. The normalized spacial score (nSPS) is 12.3. The van der Waals surface area contributed by atoms with Gasteiger partial charge in [0.15, 0.2) is 0 Å². The lowest BCUT2D eigenvalue weighted by Gasteiger charge is -2.33. The highest BCUT2D eigenvalue weighted by Crippen LogP contribution is 2.25. The molecule has 2 rings (SSSR count). The smallest absolute Gasteiger partial charge is 0.244 e. The van der Waals surface area contributed by atoms with E-state index in [0.717, 1.165) is 22.5 Å². The molecule has 0 heterocycles. The molecule has 0 radical (unpaired) electrons. The number of carbonyl (C=O) groups is 2. The van der Waals surface area contributed by atoms with Gasteiger partial charge in [0.2, 0.25) is 21.8 Å². The standard InChI is InChI=1S/C26H35Cl2N3O4S/c1-6-19-8-11-21(12-9-19)31(36(5,34)35)17-25(32)30(16-20-10-13-22(27)23(28)14-20)24(7-2)26(33)29-15-18(3)4/h8-14,18,24H,6-7,15-17H2,1-5H3,(H,29,33)/t24-/m0/s1. The lowest BCUT2D eigenvalue weighted by Crippen LogP contribution is -2.52. The molecular formula is C26H35Cl2N3O4S. The number of amides is 2. The molecular weight excluding hydrogens is 521 g/mol. The molecule has 36 heavy (non-hydrogen) atoms. The number of hydrogen-bond acceptors (Lipinski definition) is 4. The maximum atomic E-state index is 13.7. The van der Waals surface area contributed by atoms with Crippen LogP contribution in [-0.2, 0) is 32.6 Å². The molecule has 0 aliphatic rings. The molecule has 2 aromatic carbocycles. The number of sulfonamides is 1. The number of anilines is 1. The summed E-state index contributed by atoms with van der Waals surface area (Å²) in [6.07, 6.45) is 2.21. The average molecular weight is 557 g/mol. The second-order valence-electron chi connectivity index (χ2n) is 9.12. The summed E-state index contributed by atoms with van der Waals surface area (Å²) >= 11 is 12.2. The summed E-state index contributed by atoms with van der Waals surface area (Å²) in [4.78, 5) is 28.2. The predicted octanol–water partition coefficient (Wildman–Crippen LogP) is 4.90. The molecule has 1 atom stereocenters. The van der Waals surface area contributed by atoms with Gasteiger partial charge in [0, 0.05) is 13.1 Å². The van der Waals surface area contributed by atoms with E-state index < -0.39 is 28.5 Å². The summed E-state index contributed by atoms with van der Waals surface area (Å²) < 4.78 is 26.4. The Bertz CT molecular complexity index is 1150. The molecule has 2 aromatic rings. The van der Waals surface area contributed by atoms with Crippen molar-refractivity contribution in [2.24, 2.45) is 5.92 Å². The fourth-order valence-electron chi connectivity index (χ4n) is 3.69. The van der Waals surface area contributed by atoms with Gasteiger partial charge < -0.3 is 10.2 Å². The van der Waals surface area contributed by atoms with Crippen LogP contribution in [0.25, 0.3) is 0 Å². The summed E-state index contributed by atoms with van der Waals surface area (Å²) in [5.41, 5.74) is 2.11. The van der Waals surface area contributed by atoms with Crippen LogP contribution in [0.5, 0.6) is 0 Å². The lowest BCUT2D eigenvalue weighted by molar-refractivity contribution is -0.140. The maximum absolute atomic E-state index is 13.7. The number of halogens is 2. The zero-order valence-electron chi connectivity index (χ0n) is 21.4. The quantitative estimate of drug-likeness (QED) is 0.403. The maximum Gasteiger partial charge on any atom is 0.244 e. The van der Waals surface area contributed by atoms with Crippen LogP contribution in [0.4, 0.5) is 5.69 Å². The second kappa shape index (κ2) is 13.3. The van der Waals surface area contributed by atoms with Gasteiger partial charge >= 0.3 is 0 Å². The van der Waals surface area contributed by atoms with Gasteiger partial charge in [-0.3, -0.25) is 13.9 Å². The fourth-order valence-corrected chi connectivity index (χ4v) is 4.86. The first kappa shape index (κ1) is 29.9. The number of nitrogens with one attached hydrogen (secondary N) is 1. The van der Waals surface area contributed by atoms with E-state index >= 15 is 0 Å². The van der Waals surface area contributed by atoms with Crippen molar-refractivity contribution < 1.29 is 18.0 Å². The molecule has 0 saturated carbocycles. The zero-order valence-corrected chi connectivity index (χ0v) is 23.8. The largest absolute Gasteiger partial charge is 0.354 e. The summed E-state index contributed by atoms with van der Waals surface area (Å²) in [5.74, 6) is -0.562. The van der Waals surface area contributed by atoms with Gasteiger partial charge in [-0.2, -0.15) is 0 Å². The van der Waals surface area contributed by atoms with Crippen LogP contribution >= 0.6 is 23.2 Å². The van der Waals surface area contributed by atoms with Gasteiger partial charge in [0.1, 0.15) is 12.6 Å². The fraction of sp³-hybridized carbons (Fsp3) is 0.462. The van der Waals surface area contributed by atoms with Crippen molar-refractivity contribution in [3.63, 3.8) is 0 Å². The number of benzene rings is 2. The molecule has 1 N–H and O–H groups in total. The molecule has 0 fully saturated rings.